The molecule has 9 heteroatoms. The zero-order chi connectivity index (χ0) is 27.0. The van der Waals surface area contributed by atoms with Crippen molar-refractivity contribution in [1.82, 2.24) is 30.9 Å². The van der Waals surface area contributed by atoms with Gasteiger partial charge in [0, 0.05) is 34.6 Å². The Labute approximate surface area is 233 Å². The van der Waals surface area contributed by atoms with Crippen LogP contribution in [0.1, 0.15) is 33.8 Å². The van der Waals surface area contributed by atoms with Gasteiger partial charge in [0.05, 0.1) is 0 Å². The Morgan fingerprint density at radius 3 is 1.05 bits per heavy atom. The quantitative estimate of drug-likeness (QED) is 0.211. The molecule has 0 saturated heterocycles. The molecule has 3 aromatic carbocycles. The summed E-state index contributed by atoms with van der Waals surface area (Å²) in [5.74, 6) is 0.274. The Morgan fingerprint density at radius 2 is 0.750 bits per heavy atom. The highest BCUT2D eigenvalue weighted by Crippen LogP contribution is 2.16. The monoisotopic (exact) mass is 532 g/mol. The van der Waals surface area contributed by atoms with E-state index in [1.54, 1.807) is 0 Å². The average molecular weight is 533 g/mol. The molecule has 0 spiro atoms. The predicted molar refractivity (Wildman–Crippen MR) is 148 cm³/mol. The van der Waals surface area contributed by atoms with Gasteiger partial charge in [-0.1, -0.05) is 107 Å². The zero-order valence-electron chi connectivity index (χ0n) is 22.4. The van der Waals surface area contributed by atoms with Crippen molar-refractivity contribution in [3.8, 4) is 0 Å². The predicted octanol–water partition coefficient (Wildman–Crippen LogP) is 2.51. The minimum atomic E-state index is 0.274. The second-order valence-electron chi connectivity index (χ2n) is 10.3. The maximum absolute atomic E-state index is 4.63. The summed E-state index contributed by atoms with van der Waals surface area (Å²) in [6.07, 6.45) is 8.78. The first-order valence-corrected chi connectivity index (χ1v) is 13.7. The molecule has 200 valence electrons. The minimum Gasteiger partial charge on any atom is -0.158 e. The van der Waals surface area contributed by atoms with Gasteiger partial charge in [-0.3, -0.25) is 0 Å². The Kier molecular flexibility index (Phi) is 7.79. The van der Waals surface area contributed by atoms with E-state index < -0.39 is 0 Å². The lowest BCUT2D eigenvalue weighted by Crippen LogP contribution is -2.35. The van der Waals surface area contributed by atoms with Crippen molar-refractivity contribution in [2.45, 2.75) is 38.9 Å². The maximum atomic E-state index is 4.63. The van der Waals surface area contributed by atoms with Crippen molar-refractivity contribution >= 4 is 0 Å². The molecule has 0 amide bonds. The van der Waals surface area contributed by atoms with Gasteiger partial charge in [0.25, 0.3) is 0 Å². The standard InChI is InChI=1S/C31H31N9/c1-4-10-25(11-5-1)19-38-22-29(32-35-38)16-28(17-30-23-39(36-33-30)20-26-12-6-2-7-13-26)18-31-24-40(37-34-31)21-27-14-8-3-9-15-27/h1-15,22-24,28H,16-21H2/p+3. The van der Waals surface area contributed by atoms with Gasteiger partial charge >= 0.3 is 0 Å². The van der Waals surface area contributed by atoms with Crippen LogP contribution in [-0.2, 0) is 38.9 Å². The number of nitrogens with zero attached hydrogens (tertiary/aromatic N) is 6. The Morgan fingerprint density at radius 1 is 0.450 bits per heavy atom. The van der Waals surface area contributed by atoms with Crippen LogP contribution in [0.4, 0.5) is 0 Å². The summed E-state index contributed by atoms with van der Waals surface area (Å²) >= 11 is 0. The SMILES string of the molecule is c1ccc(C[n+]2cc(CC(Cc3c[n+](Cc4ccccc4)[nH]n3)Cc3c[n+](Cc4ccccc4)[nH]n3)n[nH]2)cc1. The first kappa shape index (κ1) is 25.4. The number of aromatic amines is 3. The van der Waals surface area contributed by atoms with Crippen LogP contribution in [0.2, 0.25) is 0 Å². The van der Waals surface area contributed by atoms with E-state index in [2.05, 4.69) is 122 Å². The fourth-order valence-corrected chi connectivity index (χ4v) is 5.08. The summed E-state index contributed by atoms with van der Waals surface area (Å²) in [6, 6.07) is 31.2. The molecule has 6 aromatic rings. The molecular weight excluding hydrogens is 498 g/mol. The van der Waals surface area contributed by atoms with Crippen LogP contribution in [-0.4, -0.2) is 30.9 Å². The first-order chi connectivity index (χ1) is 19.7. The van der Waals surface area contributed by atoms with E-state index >= 15 is 0 Å². The van der Waals surface area contributed by atoms with Crippen molar-refractivity contribution < 1.29 is 14.0 Å². The number of rotatable bonds is 12. The van der Waals surface area contributed by atoms with Crippen molar-refractivity contribution in [2.24, 2.45) is 5.92 Å². The topological polar surface area (TPSA) is 97.7 Å². The number of aromatic nitrogens is 9. The van der Waals surface area contributed by atoms with Crippen molar-refractivity contribution in [3.63, 3.8) is 0 Å². The summed E-state index contributed by atoms with van der Waals surface area (Å²) in [5, 5.41) is 23.4. The van der Waals surface area contributed by atoms with Gasteiger partial charge < -0.3 is 0 Å². The molecule has 0 saturated carbocycles. The van der Waals surface area contributed by atoms with E-state index in [1.165, 1.54) is 16.7 Å². The lowest BCUT2D eigenvalue weighted by atomic mass is 9.93. The van der Waals surface area contributed by atoms with Gasteiger partial charge in [-0.25, -0.2) is 0 Å². The van der Waals surface area contributed by atoms with E-state index in [4.69, 9.17) is 0 Å². The van der Waals surface area contributed by atoms with Crippen LogP contribution >= 0.6 is 0 Å². The summed E-state index contributed by atoms with van der Waals surface area (Å²) in [5.41, 5.74) is 6.79. The summed E-state index contributed by atoms with van der Waals surface area (Å²) in [6.45, 7) is 2.28. The smallest absolute Gasteiger partial charge is 0.158 e. The largest absolute Gasteiger partial charge is 0.218 e. The highest BCUT2D eigenvalue weighted by Gasteiger charge is 2.25. The first-order valence-electron chi connectivity index (χ1n) is 13.7. The number of nitrogens with one attached hydrogen (secondary N) is 3. The molecule has 0 radical (unpaired) electrons. The van der Waals surface area contributed by atoms with E-state index in [1.807, 2.05) is 32.2 Å². The summed E-state index contributed by atoms with van der Waals surface area (Å²) < 4.78 is 6.10. The number of benzene rings is 3. The van der Waals surface area contributed by atoms with Crippen LogP contribution in [0.5, 0.6) is 0 Å². The molecule has 0 atom stereocenters. The Balaban J connectivity index is 1.16. The third-order valence-electron chi connectivity index (χ3n) is 6.96. The van der Waals surface area contributed by atoms with Gasteiger partial charge in [-0.05, 0) is 22.6 Å². The molecule has 3 heterocycles. The van der Waals surface area contributed by atoms with E-state index in [0.717, 1.165) is 56.0 Å². The lowest BCUT2D eigenvalue weighted by Gasteiger charge is -2.07. The summed E-state index contributed by atoms with van der Waals surface area (Å²) in [4.78, 5) is 0. The Hall–Kier alpha value is -4.92. The van der Waals surface area contributed by atoms with Crippen LogP contribution in [0.25, 0.3) is 0 Å². The Bertz CT molecular complexity index is 1410. The van der Waals surface area contributed by atoms with Gasteiger partial charge in [0.2, 0.25) is 17.1 Å². The third kappa shape index (κ3) is 6.93. The van der Waals surface area contributed by atoms with Gasteiger partial charge in [-0.15, -0.1) is 0 Å². The van der Waals surface area contributed by atoms with Crippen molar-refractivity contribution in [3.05, 3.63) is 143 Å². The van der Waals surface area contributed by atoms with E-state index in [9.17, 15) is 0 Å². The zero-order valence-corrected chi connectivity index (χ0v) is 22.4. The van der Waals surface area contributed by atoms with E-state index in [-0.39, 0.29) is 5.92 Å². The minimum absolute atomic E-state index is 0.274. The molecule has 0 aliphatic rings. The van der Waals surface area contributed by atoms with Gasteiger partial charge in [-0.2, -0.15) is 14.0 Å². The molecule has 9 nitrogen and oxygen atoms in total. The summed E-state index contributed by atoms with van der Waals surface area (Å²) in [7, 11) is 0. The fourth-order valence-electron chi connectivity index (χ4n) is 5.08. The van der Waals surface area contributed by atoms with Crippen LogP contribution in [0.3, 0.4) is 0 Å². The molecule has 0 unspecified atom stereocenters. The van der Waals surface area contributed by atoms with Gasteiger partial charge in [0.1, 0.15) is 19.6 Å². The molecule has 0 aliphatic heterocycles. The number of H-pyrrole nitrogens is 3. The highest BCUT2D eigenvalue weighted by molar-refractivity contribution is 5.15. The van der Waals surface area contributed by atoms with Crippen molar-refractivity contribution in [2.75, 3.05) is 0 Å². The molecule has 0 bridgehead atoms. The molecule has 40 heavy (non-hydrogen) atoms. The van der Waals surface area contributed by atoms with Crippen LogP contribution < -0.4 is 14.0 Å². The highest BCUT2D eigenvalue weighted by atomic mass is 15.4. The number of hydrogen-bond donors (Lipinski definition) is 3. The fraction of sp³-hybridized carbons (Fsp3) is 0.226. The molecule has 3 N–H and O–H groups in total. The van der Waals surface area contributed by atoms with Crippen molar-refractivity contribution in [1.29, 1.82) is 0 Å². The third-order valence-corrected chi connectivity index (χ3v) is 6.96. The van der Waals surface area contributed by atoms with Crippen LogP contribution in [0, 0.1) is 5.92 Å². The van der Waals surface area contributed by atoms with E-state index in [0.29, 0.717) is 0 Å². The normalized spacial score (nSPS) is 11.3. The molecule has 0 aliphatic carbocycles. The van der Waals surface area contributed by atoms with Gasteiger partial charge in [0.15, 0.2) is 18.6 Å². The second-order valence-corrected chi connectivity index (χ2v) is 10.3. The maximum Gasteiger partial charge on any atom is 0.218 e. The van der Waals surface area contributed by atoms with Crippen LogP contribution in [0.15, 0.2) is 110 Å². The molecule has 0 fully saturated rings. The lowest BCUT2D eigenvalue weighted by molar-refractivity contribution is -0.746. The molecule has 6 rings (SSSR count). The number of hydrogen-bond acceptors (Lipinski definition) is 3. The molecule has 3 aromatic heterocycles. The molecular formula is C31H34N9+3. The average Bonchev–Trinajstić information content (AvgIpc) is 3.73. The second kappa shape index (κ2) is 12.3.